The summed E-state index contributed by atoms with van der Waals surface area (Å²) in [7, 11) is 1.15. The number of carbonyl (C=O) groups is 2. The van der Waals surface area contributed by atoms with Crippen LogP contribution in [0.2, 0.25) is 10.0 Å². The van der Waals surface area contributed by atoms with E-state index in [0.717, 1.165) is 13.2 Å². The van der Waals surface area contributed by atoms with Crippen LogP contribution in [-0.2, 0) is 9.53 Å². The molecule has 1 aliphatic heterocycles. The van der Waals surface area contributed by atoms with Gasteiger partial charge in [-0.3, -0.25) is 14.9 Å². The average Bonchev–Trinajstić information content (AvgIpc) is 3.25. The summed E-state index contributed by atoms with van der Waals surface area (Å²) in [5.41, 5.74) is -0.266. The van der Waals surface area contributed by atoms with Crippen molar-refractivity contribution < 1.29 is 19.2 Å². The van der Waals surface area contributed by atoms with E-state index in [1.807, 2.05) is 0 Å². The molecule has 1 atom stereocenters. The minimum atomic E-state index is -1.05. The molecule has 0 aliphatic carbocycles. The van der Waals surface area contributed by atoms with E-state index in [2.05, 4.69) is 20.8 Å². The van der Waals surface area contributed by atoms with Gasteiger partial charge in [-0.25, -0.2) is 4.79 Å². The number of methoxy groups -OCH3 is 1. The summed E-state index contributed by atoms with van der Waals surface area (Å²) in [5.74, 6) is -1.47. The molecule has 0 radical (unpaired) electrons. The molecule has 162 valence electrons. The number of fused-ring (bicyclic) bond motifs is 1. The number of non-ortho nitro benzene ring substituents is 1. The maximum absolute atomic E-state index is 13.6. The molecule has 1 aliphatic rings. The molecule has 0 saturated carbocycles. The first-order chi connectivity index (χ1) is 15.3. The molecule has 0 unspecified atom stereocenters. The first-order valence-electron chi connectivity index (χ1n) is 8.93. The molecule has 32 heavy (non-hydrogen) atoms. The van der Waals surface area contributed by atoms with Crippen LogP contribution in [0.15, 0.2) is 53.7 Å². The number of nitrogens with zero attached hydrogens (tertiary/aromatic N) is 5. The molecule has 2 heterocycles. The fourth-order valence-electron chi connectivity index (χ4n) is 3.32. The van der Waals surface area contributed by atoms with Gasteiger partial charge in [-0.15, -0.1) is 0 Å². The standard InChI is InChI=1S/C19H12Cl2N6O5/c1-32-18(29)15-14(17(28)9-3-2-4-11(7-9)27(30)31)16(26-19(22-15)23-24-25-26)12-6-5-10(20)8-13(12)21/h2-8,16H,1H3,(H,22,23,25)/t16-/m1/s1. The van der Waals surface area contributed by atoms with E-state index in [0.29, 0.717) is 10.6 Å². The van der Waals surface area contributed by atoms with Crippen molar-refractivity contribution in [3.05, 3.63) is 85.0 Å². The third kappa shape index (κ3) is 3.67. The molecule has 0 saturated heterocycles. The van der Waals surface area contributed by atoms with Crippen LogP contribution in [0, 0.1) is 10.1 Å². The van der Waals surface area contributed by atoms with Gasteiger partial charge >= 0.3 is 5.97 Å². The third-order valence-corrected chi connectivity index (χ3v) is 5.29. The van der Waals surface area contributed by atoms with Crippen LogP contribution in [0.4, 0.5) is 11.6 Å². The molecule has 13 heteroatoms. The Morgan fingerprint density at radius 3 is 2.69 bits per heavy atom. The van der Waals surface area contributed by atoms with Gasteiger partial charge in [0, 0.05) is 33.3 Å². The molecule has 3 aromatic rings. The molecule has 1 N–H and O–H groups in total. The van der Waals surface area contributed by atoms with Crippen molar-refractivity contribution in [2.45, 2.75) is 6.04 Å². The monoisotopic (exact) mass is 474 g/mol. The number of carbonyl (C=O) groups excluding carboxylic acids is 2. The molecule has 0 fully saturated rings. The second-order valence-corrected chi connectivity index (χ2v) is 7.40. The van der Waals surface area contributed by atoms with Crippen molar-refractivity contribution in [3.63, 3.8) is 0 Å². The lowest BCUT2D eigenvalue weighted by atomic mass is 9.89. The highest BCUT2D eigenvalue weighted by atomic mass is 35.5. The van der Waals surface area contributed by atoms with Gasteiger partial charge in [0.25, 0.3) is 5.69 Å². The molecular weight excluding hydrogens is 463 g/mol. The Kier molecular flexibility index (Phi) is 5.59. The zero-order chi connectivity index (χ0) is 23.0. The van der Waals surface area contributed by atoms with E-state index in [4.69, 9.17) is 27.9 Å². The number of aromatic nitrogens is 4. The summed E-state index contributed by atoms with van der Waals surface area (Å²) in [5, 5.41) is 25.8. The zero-order valence-electron chi connectivity index (χ0n) is 16.2. The fraction of sp³-hybridized carbons (Fsp3) is 0.105. The quantitative estimate of drug-likeness (QED) is 0.255. The molecule has 0 bridgehead atoms. The number of anilines is 1. The Labute approximate surface area is 189 Å². The number of nitro benzene ring substituents is 1. The molecular formula is C19H12Cl2N6O5. The predicted octanol–water partition coefficient (Wildman–Crippen LogP) is 3.21. The van der Waals surface area contributed by atoms with Crippen molar-refractivity contribution in [2.75, 3.05) is 12.4 Å². The van der Waals surface area contributed by atoms with Gasteiger partial charge in [0.1, 0.15) is 11.7 Å². The minimum Gasteiger partial charge on any atom is -0.464 e. The van der Waals surface area contributed by atoms with E-state index in [1.54, 1.807) is 12.1 Å². The number of hydrogen-bond donors (Lipinski definition) is 1. The van der Waals surface area contributed by atoms with Crippen LogP contribution in [0.3, 0.4) is 0 Å². The van der Waals surface area contributed by atoms with Crippen molar-refractivity contribution in [2.24, 2.45) is 0 Å². The Bertz CT molecular complexity index is 1300. The lowest BCUT2D eigenvalue weighted by Gasteiger charge is -2.28. The normalized spacial score (nSPS) is 15.0. The van der Waals surface area contributed by atoms with E-state index >= 15 is 0 Å². The van der Waals surface area contributed by atoms with Gasteiger partial charge in [-0.2, -0.15) is 4.68 Å². The Balaban J connectivity index is 1.98. The van der Waals surface area contributed by atoms with Crippen molar-refractivity contribution in [3.8, 4) is 0 Å². The van der Waals surface area contributed by atoms with Gasteiger partial charge in [0.05, 0.1) is 17.6 Å². The van der Waals surface area contributed by atoms with Crippen LogP contribution in [0.5, 0.6) is 0 Å². The molecule has 4 rings (SSSR count). The minimum absolute atomic E-state index is 0.0241. The number of benzene rings is 2. The second kappa shape index (κ2) is 8.36. The number of tetrazole rings is 1. The van der Waals surface area contributed by atoms with Crippen LogP contribution in [-0.4, -0.2) is 44.0 Å². The maximum Gasteiger partial charge on any atom is 0.355 e. The summed E-state index contributed by atoms with van der Waals surface area (Å²) < 4.78 is 6.11. The highest BCUT2D eigenvalue weighted by molar-refractivity contribution is 6.35. The second-order valence-electron chi connectivity index (χ2n) is 6.56. The van der Waals surface area contributed by atoms with E-state index < -0.39 is 22.7 Å². The highest BCUT2D eigenvalue weighted by Crippen LogP contribution is 2.40. The number of halogens is 2. The van der Waals surface area contributed by atoms with Gasteiger partial charge in [-0.05, 0) is 22.6 Å². The lowest BCUT2D eigenvalue weighted by Crippen LogP contribution is -2.33. The third-order valence-electron chi connectivity index (χ3n) is 4.73. The van der Waals surface area contributed by atoms with Gasteiger partial charge in [0.2, 0.25) is 5.95 Å². The maximum atomic E-state index is 13.6. The van der Waals surface area contributed by atoms with E-state index in [1.165, 1.54) is 28.9 Å². The number of ketones is 1. The number of rotatable bonds is 5. The summed E-state index contributed by atoms with van der Waals surface area (Å²) >= 11 is 12.4. The smallest absolute Gasteiger partial charge is 0.355 e. The largest absolute Gasteiger partial charge is 0.464 e. The number of hydrogen-bond acceptors (Lipinski definition) is 9. The topological polar surface area (TPSA) is 142 Å². The van der Waals surface area contributed by atoms with Crippen LogP contribution >= 0.6 is 23.2 Å². The Morgan fingerprint density at radius 1 is 1.22 bits per heavy atom. The Morgan fingerprint density at radius 2 is 2.00 bits per heavy atom. The van der Waals surface area contributed by atoms with Crippen LogP contribution < -0.4 is 5.32 Å². The molecule has 1 aromatic heterocycles. The molecule has 2 aromatic carbocycles. The zero-order valence-corrected chi connectivity index (χ0v) is 17.7. The van der Waals surface area contributed by atoms with E-state index in [9.17, 15) is 19.7 Å². The van der Waals surface area contributed by atoms with Crippen molar-refractivity contribution in [1.82, 2.24) is 20.2 Å². The van der Waals surface area contributed by atoms with Gasteiger partial charge in [0.15, 0.2) is 5.78 Å². The molecule has 0 amide bonds. The Hall–Kier alpha value is -3.83. The van der Waals surface area contributed by atoms with Crippen LogP contribution in [0.25, 0.3) is 0 Å². The predicted molar refractivity (Wildman–Crippen MR) is 113 cm³/mol. The number of ether oxygens (including phenoxy) is 1. The SMILES string of the molecule is COC(=O)C1=C(C(=O)c2cccc([N+](=O)[O-])c2)[C@@H](c2ccc(Cl)cc2Cl)n2nnnc2N1. The highest BCUT2D eigenvalue weighted by Gasteiger charge is 2.39. The van der Waals surface area contributed by atoms with Crippen molar-refractivity contribution >= 4 is 46.6 Å². The van der Waals surface area contributed by atoms with Gasteiger partial charge < -0.3 is 10.1 Å². The lowest BCUT2D eigenvalue weighted by molar-refractivity contribution is -0.384. The number of allylic oxidation sites excluding steroid dienone is 1. The fourth-order valence-corrected chi connectivity index (χ4v) is 3.83. The van der Waals surface area contributed by atoms with Crippen LogP contribution in [0.1, 0.15) is 22.0 Å². The summed E-state index contributed by atoms with van der Waals surface area (Å²) in [6, 6.07) is 8.67. The summed E-state index contributed by atoms with van der Waals surface area (Å²) in [6.07, 6.45) is 0. The first-order valence-corrected chi connectivity index (χ1v) is 9.69. The number of nitro groups is 1. The first kappa shape index (κ1) is 21.4. The van der Waals surface area contributed by atoms with Crippen molar-refractivity contribution in [1.29, 1.82) is 0 Å². The number of esters is 1. The number of nitrogens with one attached hydrogen (secondary N) is 1. The average molecular weight is 475 g/mol. The molecule has 11 nitrogen and oxygen atoms in total. The number of Topliss-reactive ketones (excluding diaryl/α,β-unsaturated/α-hetero) is 1. The summed E-state index contributed by atoms with van der Waals surface area (Å²) in [4.78, 5) is 36.8. The molecule has 0 spiro atoms. The van der Waals surface area contributed by atoms with E-state index in [-0.39, 0.29) is 33.5 Å². The van der Waals surface area contributed by atoms with Gasteiger partial charge in [-0.1, -0.05) is 46.5 Å². The summed E-state index contributed by atoms with van der Waals surface area (Å²) in [6.45, 7) is 0.